The van der Waals surface area contributed by atoms with Crippen molar-refractivity contribution < 1.29 is 0 Å². The summed E-state index contributed by atoms with van der Waals surface area (Å²) in [5.74, 6) is 2.59. The van der Waals surface area contributed by atoms with Crippen LogP contribution in [0.25, 0.3) is 0 Å². The first kappa shape index (κ1) is 13.2. The van der Waals surface area contributed by atoms with Gasteiger partial charge in [-0.25, -0.2) is 0 Å². The number of terminal acetylenes is 1. The van der Waals surface area contributed by atoms with Crippen molar-refractivity contribution in [2.75, 3.05) is 13.1 Å². The number of hydrogen-bond acceptors (Lipinski definition) is 2. The Hall–Kier alpha value is -0.910. The van der Waals surface area contributed by atoms with Crippen LogP contribution in [0.5, 0.6) is 0 Å². The van der Waals surface area contributed by atoms with Crippen molar-refractivity contribution in [2.45, 2.75) is 30.9 Å². The highest BCUT2D eigenvalue weighted by Crippen LogP contribution is 2.27. The van der Waals surface area contributed by atoms with Gasteiger partial charge in [0.2, 0.25) is 0 Å². The summed E-state index contributed by atoms with van der Waals surface area (Å²) in [6.07, 6.45) is 5.19. The third-order valence-electron chi connectivity index (χ3n) is 2.33. The van der Waals surface area contributed by atoms with E-state index < -0.39 is 0 Å². The molecule has 2 heteroatoms. The third-order valence-corrected chi connectivity index (χ3v) is 3.59. The first-order chi connectivity index (χ1) is 7.63. The highest BCUT2D eigenvalue weighted by Gasteiger charge is 2.06. The molecule has 1 nitrogen and oxygen atoms in total. The lowest BCUT2D eigenvalue weighted by Gasteiger charge is -2.13. The zero-order valence-corrected chi connectivity index (χ0v) is 11.0. The molecule has 0 bridgehead atoms. The molecule has 0 amide bonds. The lowest BCUT2D eigenvalue weighted by Crippen LogP contribution is -2.22. The molecule has 0 aromatic heterocycles. The van der Waals surface area contributed by atoms with Crippen LogP contribution in [-0.4, -0.2) is 18.3 Å². The molecule has 1 aromatic carbocycles. The maximum absolute atomic E-state index is 5.19. The van der Waals surface area contributed by atoms with Gasteiger partial charge >= 0.3 is 0 Å². The van der Waals surface area contributed by atoms with E-state index in [1.54, 1.807) is 0 Å². The predicted molar refractivity (Wildman–Crippen MR) is 72.9 cm³/mol. The lowest BCUT2D eigenvalue weighted by molar-refractivity contribution is 0.748. The van der Waals surface area contributed by atoms with Crippen LogP contribution in [0.4, 0.5) is 0 Å². The largest absolute Gasteiger partial charge is 0.305 e. The average Bonchev–Trinajstić information content (AvgIpc) is 2.24. The summed E-state index contributed by atoms with van der Waals surface area (Å²) in [6, 6.07) is 6.58. The Labute approximate surface area is 103 Å². The van der Waals surface area contributed by atoms with Gasteiger partial charge in [0.25, 0.3) is 0 Å². The molecular formula is C14H19NS. The second-order valence-electron chi connectivity index (χ2n) is 4.03. The van der Waals surface area contributed by atoms with Gasteiger partial charge in [0.05, 0.1) is 6.54 Å². The molecule has 0 aliphatic rings. The van der Waals surface area contributed by atoms with E-state index in [1.165, 1.54) is 16.0 Å². The summed E-state index contributed by atoms with van der Waals surface area (Å²) in [7, 11) is 0. The van der Waals surface area contributed by atoms with Crippen molar-refractivity contribution in [1.29, 1.82) is 0 Å². The topological polar surface area (TPSA) is 12.0 Å². The van der Waals surface area contributed by atoms with Crippen LogP contribution in [-0.2, 0) is 0 Å². The minimum absolute atomic E-state index is 0.536. The second-order valence-corrected chi connectivity index (χ2v) is 5.51. The summed E-state index contributed by atoms with van der Waals surface area (Å²) >= 11 is 1.90. The molecule has 86 valence electrons. The Bertz CT molecular complexity index is 379. The average molecular weight is 233 g/mol. The van der Waals surface area contributed by atoms with E-state index in [9.17, 15) is 0 Å². The first-order valence-corrected chi connectivity index (χ1v) is 6.39. The SMILES string of the molecule is C#CCNCC(C)Sc1cc(C)ccc1C. The summed E-state index contributed by atoms with van der Waals surface area (Å²) in [5, 5.41) is 3.77. The minimum atomic E-state index is 0.536. The summed E-state index contributed by atoms with van der Waals surface area (Å²) in [5.41, 5.74) is 2.66. The van der Waals surface area contributed by atoms with Crippen LogP contribution < -0.4 is 5.32 Å². The predicted octanol–water partition coefficient (Wildman–Crippen LogP) is 3.01. The quantitative estimate of drug-likeness (QED) is 0.477. The van der Waals surface area contributed by atoms with Crippen LogP contribution in [0.3, 0.4) is 0 Å². The first-order valence-electron chi connectivity index (χ1n) is 5.51. The molecule has 0 aliphatic heterocycles. The van der Waals surface area contributed by atoms with Crippen LogP contribution in [0.2, 0.25) is 0 Å². The molecule has 1 atom stereocenters. The van der Waals surface area contributed by atoms with Crippen molar-refractivity contribution >= 4 is 11.8 Å². The molecule has 16 heavy (non-hydrogen) atoms. The van der Waals surface area contributed by atoms with Crippen LogP contribution in [0.15, 0.2) is 23.1 Å². The summed E-state index contributed by atoms with van der Waals surface area (Å²) < 4.78 is 0. The van der Waals surface area contributed by atoms with Gasteiger partial charge in [-0.2, -0.15) is 0 Å². The molecular weight excluding hydrogens is 214 g/mol. The zero-order valence-electron chi connectivity index (χ0n) is 10.2. The van der Waals surface area contributed by atoms with Crippen molar-refractivity contribution in [3.63, 3.8) is 0 Å². The highest BCUT2D eigenvalue weighted by molar-refractivity contribution is 8.00. The molecule has 0 heterocycles. The molecule has 0 saturated heterocycles. The van der Waals surface area contributed by atoms with Crippen molar-refractivity contribution in [2.24, 2.45) is 0 Å². The Morgan fingerprint density at radius 3 is 2.88 bits per heavy atom. The van der Waals surface area contributed by atoms with Gasteiger partial charge in [0.1, 0.15) is 0 Å². The van der Waals surface area contributed by atoms with Gasteiger partial charge in [0, 0.05) is 16.7 Å². The number of hydrogen-bond donors (Lipinski definition) is 1. The van der Waals surface area contributed by atoms with Crippen molar-refractivity contribution in [3.05, 3.63) is 29.3 Å². The molecule has 1 rings (SSSR count). The fourth-order valence-corrected chi connectivity index (χ4v) is 2.58. The number of thioether (sulfide) groups is 1. The fourth-order valence-electron chi connectivity index (χ4n) is 1.44. The van der Waals surface area contributed by atoms with E-state index in [-0.39, 0.29) is 0 Å². The molecule has 1 unspecified atom stereocenters. The number of aryl methyl sites for hydroxylation is 2. The van der Waals surface area contributed by atoms with E-state index >= 15 is 0 Å². The van der Waals surface area contributed by atoms with Gasteiger partial charge in [-0.05, 0) is 25.5 Å². The minimum Gasteiger partial charge on any atom is -0.305 e. The fraction of sp³-hybridized carbons (Fsp3) is 0.429. The van der Waals surface area contributed by atoms with Crippen LogP contribution in [0.1, 0.15) is 18.1 Å². The Balaban J connectivity index is 2.52. The maximum atomic E-state index is 5.19. The summed E-state index contributed by atoms with van der Waals surface area (Å²) in [6.45, 7) is 8.10. The van der Waals surface area contributed by atoms with Gasteiger partial charge in [-0.3, -0.25) is 0 Å². The van der Waals surface area contributed by atoms with E-state index in [2.05, 4.69) is 50.2 Å². The maximum Gasteiger partial charge on any atom is 0.0574 e. The van der Waals surface area contributed by atoms with Crippen LogP contribution in [0, 0.1) is 26.2 Å². The normalized spacial score (nSPS) is 12.1. The standard InChI is InChI=1S/C14H19NS/c1-5-8-15-10-13(4)16-14-9-11(2)6-7-12(14)3/h1,6-7,9,13,15H,8,10H2,2-4H3. The van der Waals surface area contributed by atoms with Crippen LogP contribution >= 0.6 is 11.8 Å². The number of rotatable bonds is 5. The zero-order chi connectivity index (χ0) is 12.0. The van der Waals surface area contributed by atoms with Gasteiger partial charge < -0.3 is 5.32 Å². The molecule has 0 radical (unpaired) electrons. The van der Waals surface area contributed by atoms with Gasteiger partial charge in [-0.15, -0.1) is 18.2 Å². The molecule has 0 spiro atoms. The molecule has 0 saturated carbocycles. The Morgan fingerprint density at radius 2 is 2.19 bits per heavy atom. The second kappa shape index (κ2) is 6.62. The Morgan fingerprint density at radius 1 is 1.44 bits per heavy atom. The summed E-state index contributed by atoms with van der Waals surface area (Å²) in [4.78, 5) is 1.37. The van der Waals surface area contributed by atoms with E-state index in [4.69, 9.17) is 6.42 Å². The van der Waals surface area contributed by atoms with Gasteiger partial charge in [0.15, 0.2) is 0 Å². The highest BCUT2D eigenvalue weighted by atomic mass is 32.2. The monoisotopic (exact) mass is 233 g/mol. The number of nitrogens with one attached hydrogen (secondary N) is 1. The molecule has 1 N–H and O–H groups in total. The van der Waals surface area contributed by atoms with E-state index in [0.717, 1.165) is 6.54 Å². The molecule has 1 aromatic rings. The Kier molecular flexibility index (Phi) is 5.45. The molecule has 0 aliphatic carbocycles. The van der Waals surface area contributed by atoms with Crippen molar-refractivity contribution in [3.8, 4) is 12.3 Å². The van der Waals surface area contributed by atoms with E-state index in [1.807, 2.05) is 11.8 Å². The lowest BCUT2D eigenvalue weighted by atomic mass is 10.2. The third kappa shape index (κ3) is 4.30. The van der Waals surface area contributed by atoms with Gasteiger partial charge in [-0.1, -0.05) is 30.5 Å². The molecule has 0 fully saturated rings. The number of benzene rings is 1. The smallest absolute Gasteiger partial charge is 0.0574 e. The van der Waals surface area contributed by atoms with Crippen molar-refractivity contribution in [1.82, 2.24) is 5.32 Å². The van der Waals surface area contributed by atoms with E-state index in [0.29, 0.717) is 11.8 Å².